The number of ether oxygens (including phenoxy) is 2. The Bertz CT molecular complexity index is 538. The number of allylic oxidation sites excluding steroid dienone is 1. The Balaban J connectivity index is 2.11. The largest absolute Gasteiger partial charge is 0.463 e. The topological polar surface area (TPSA) is 84.9 Å². The zero-order valence-corrected chi connectivity index (χ0v) is 15.2. The van der Waals surface area contributed by atoms with E-state index in [-0.39, 0.29) is 24.5 Å². The van der Waals surface area contributed by atoms with Crippen molar-refractivity contribution in [2.24, 2.45) is 0 Å². The highest BCUT2D eigenvalue weighted by molar-refractivity contribution is 5.86. The van der Waals surface area contributed by atoms with Crippen LogP contribution in [0.4, 0.5) is 4.79 Å². The molecule has 1 saturated heterocycles. The molecule has 0 aromatic heterocycles. The number of cyclic esters (lactones) is 1. The van der Waals surface area contributed by atoms with Crippen molar-refractivity contribution in [2.75, 3.05) is 13.2 Å². The van der Waals surface area contributed by atoms with Crippen LogP contribution in [0.15, 0.2) is 12.2 Å². The zero-order chi connectivity index (χ0) is 18.4. The van der Waals surface area contributed by atoms with Gasteiger partial charge >= 0.3 is 12.1 Å². The molecule has 0 radical (unpaired) electrons. The van der Waals surface area contributed by atoms with Crippen molar-refractivity contribution in [2.45, 2.75) is 70.6 Å². The molecule has 140 valence electrons. The number of hydrogen-bond donors (Lipinski definition) is 1. The van der Waals surface area contributed by atoms with Crippen molar-refractivity contribution in [1.82, 2.24) is 10.2 Å². The van der Waals surface area contributed by atoms with Gasteiger partial charge in [-0.1, -0.05) is 12.2 Å². The van der Waals surface area contributed by atoms with Crippen molar-refractivity contribution < 1.29 is 23.9 Å². The Morgan fingerprint density at radius 2 is 2.08 bits per heavy atom. The predicted molar refractivity (Wildman–Crippen MR) is 91.8 cm³/mol. The number of fused-ring (bicyclic) bond motifs is 1. The van der Waals surface area contributed by atoms with Gasteiger partial charge in [-0.15, -0.1) is 0 Å². The van der Waals surface area contributed by atoms with Crippen LogP contribution in [-0.2, 0) is 19.1 Å². The number of carbonyl (C=O) groups excluding carboxylic acids is 3. The minimum absolute atomic E-state index is 0.122. The third-order valence-electron chi connectivity index (χ3n) is 4.14. The van der Waals surface area contributed by atoms with E-state index in [1.54, 1.807) is 25.7 Å². The maximum absolute atomic E-state index is 12.9. The molecule has 1 N–H and O–H groups in total. The standard InChI is InChI=1S/C18H28N2O5/c1-18(2,3)25-17(23)19-14-9-5-4-6-10-15(21)24-12-13-8-7-11-20(13)16(14)22/h4-5,13-14H,6-12H2,1-3H3,(H,19,23)/b5-4-/t13-,14+/m0/s1. The van der Waals surface area contributed by atoms with E-state index in [0.717, 1.165) is 12.8 Å². The van der Waals surface area contributed by atoms with E-state index >= 15 is 0 Å². The van der Waals surface area contributed by atoms with Crippen LogP contribution in [0.25, 0.3) is 0 Å². The molecule has 25 heavy (non-hydrogen) atoms. The predicted octanol–water partition coefficient (Wildman–Crippen LogP) is 2.15. The van der Waals surface area contributed by atoms with Crippen LogP contribution in [0.5, 0.6) is 0 Å². The van der Waals surface area contributed by atoms with Gasteiger partial charge < -0.3 is 19.7 Å². The lowest BCUT2D eigenvalue weighted by Gasteiger charge is -2.29. The fourth-order valence-corrected chi connectivity index (χ4v) is 2.98. The maximum atomic E-state index is 12.9. The summed E-state index contributed by atoms with van der Waals surface area (Å²) in [4.78, 5) is 38.4. The van der Waals surface area contributed by atoms with E-state index < -0.39 is 17.7 Å². The lowest BCUT2D eigenvalue weighted by Crippen LogP contribution is -2.51. The lowest BCUT2D eigenvalue weighted by atomic mass is 10.1. The molecule has 2 rings (SSSR count). The van der Waals surface area contributed by atoms with Crippen molar-refractivity contribution in [1.29, 1.82) is 0 Å². The molecular formula is C18H28N2O5. The van der Waals surface area contributed by atoms with Crippen LogP contribution in [-0.4, -0.2) is 53.7 Å². The third-order valence-corrected chi connectivity index (χ3v) is 4.14. The van der Waals surface area contributed by atoms with Crippen LogP contribution in [0.1, 0.15) is 52.9 Å². The molecular weight excluding hydrogens is 324 g/mol. The molecule has 0 spiro atoms. The molecule has 0 unspecified atom stereocenters. The van der Waals surface area contributed by atoms with Crippen LogP contribution < -0.4 is 5.32 Å². The summed E-state index contributed by atoms with van der Waals surface area (Å²) in [5, 5.41) is 2.69. The Labute approximate surface area is 148 Å². The second-order valence-corrected chi connectivity index (χ2v) is 7.46. The first-order chi connectivity index (χ1) is 11.8. The maximum Gasteiger partial charge on any atom is 0.408 e. The fourth-order valence-electron chi connectivity index (χ4n) is 2.98. The molecule has 1 fully saturated rings. The van der Waals surface area contributed by atoms with Gasteiger partial charge in [-0.25, -0.2) is 4.79 Å². The SMILES string of the molecule is CC(C)(C)OC(=O)N[C@@H]1C/C=C\CCC(=O)OC[C@@H]2CCCN2C1=O. The first kappa shape index (κ1) is 19.3. The highest BCUT2D eigenvalue weighted by Gasteiger charge is 2.35. The summed E-state index contributed by atoms with van der Waals surface area (Å²) in [5.41, 5.74) is -0.626. The van der Waals surface area contributed by atoms with Crippen molar-refractivity contribution >= 4 is 18.0 Å². The van der Waals surface area contributed by atoms with Gasteiger partial charge in [0.05, 0.1) is 6.04 Å². The first-order valence-corrected chi connectivity index (χ1v) is 8.87. The minimum Gasteiger partial charge on any atom is -0.463 e. The van der Waals surface area contributed by atoms with E-state index in [4.69, 9.17) is 9.47 Å². The van der Waals surface area contributed by atoms with Gasteiger partial charge in [0.1, 0.15) is 18.2 Å². The molecule has 0 saturated carbocycles. The van der Waals surface area contributed by atoms with E-state index in [1.807, 2.05) is 12.2 Å². The average Bonchev–Trinajstić information content (AvgIpc) is 2.96. The summed E-state index contributed by atoms with van der Waals surface area (Å²) in [6, 6.07) is -0.801. The highest BCUT2D eigenvalue weighted by atomic mass is 16.6. The number of rotatable bonds is 1. The number of hydrogen-bond acceptors (Lipinski definition) is 5. The normalized spacial score (nSPS) is 26.8. The van der Waals surface area contributed by atoms with E-state index in [1.165, 1.54) is 0 Å². The summed E-state index contributed by atoms with van der Waals surface area (Å²) < 4.78 is 10.6. The molecule has 7 heteroatoms. The highest BCUT2D eigenvalue weighted by Crippen LogP contribution is 2.20. The summed E-state index contributed by atoms with van der Waals surface area (Å²) >= 11 is 0. The number of nitrogens with zero attached hydrogens (tertiary/aromatic N) is 1. The summed E-state index contributed by atoms with van der Waals surface area (Å²) in [6.45, 7) is 6.16. The Morgan fingerprint density at radius 3 is 2.80 bits per heavy atom. The van der Waals surface area contributed by atoms with Gasteiger partial charge in [-0.05, 0) is 46.5 Å². The Morgan fingerprint density at radius 1 is 1.32 bits per heavy atom. The van der Waals surface area contributed by atoms with Crippen molar-refractivity contribution in [3.63, 3.8) is 0 Å². The Hall–Kier alpha value is -2.05. The molecule has 2 amide bonds. The van der Waals surface area contributed by atoms with Gasteiger partial charge in [0.2, 0.25) is 5.91 Å². The lowest BCUT2D eigenvalue weighted by molar-refractivity contribution is -0.147. The average molecular weight is 352 g/mol. The summed E-state index contributed by atoms with van der Waals surface area (Å²) in [5.74, 6) is -0.400. The minimum atomic E-state index is -0.679. The van der Waals surface area contributed by atoms with E-state index in [9.17, 15) is 14.4 Å². The molecule has 7 nitrogen and oxygen atoms in total. The second kappa shape index (κ2) is 8.36. The monoisotopic (exact) mass is 352 g/mol. The van der Waals surface area contributed by atoms with Gasteiger partial charge in [0.25, 0.3) is 0 Å². The van der Waals surface area contributed by atoms with E-state index in [2.05, 4.69) is 5.32 Å². The van der Waals surface area contributed by atoms with Crippen LogP contribution in [0.2, 0.25) is 0 Å². The van der Waals surface area contributed by atoms with E-state index in [0.29, 0.717) is 25.8 Å². The molecule has 0 aliphatic carbocycles. The van der Waals surface area contributed by atoms with Crippen LogP contribution in [0.3, 0.4) is 0 Å². The first-order valence-electron chi connectivity index (χ1n) is 8.87. The molecule has 2 aliphatic heterocycles. The van der Waals surface area contributed by atoms with Gasteiger partial charge in [-0.3, -0.25) is 9.59 Å². The van der Waals surface area contributed by atoms with Gasteiger partial charge in [-0.2, -0.15) is 0 Å². The van der Waals surface area contributed by atoms with Crippen LogP contribution in [0, 0.1) is 0 Å². The number of esters is 1. The number of nitrogens with one attached hydrogen (secondary N) is 1. The summed E-state index contributed by atoms with van der Waals surface area (Å²) in [7, 11) is 0. The van der Waals surface area contributed by atoms with Crippen LogP contribution >= 0.6 is 0 Å². The van der Waals surface area contributed by atoms with Crippen molar-refractivity contribution in [3.05, 3.63) is 12.2 Å². The number of amides is 2. The van der Waals surface area contributed by atoms with Gasteiger partial charge in [0, 0.05) is 13.0 Å². The number of carbonyl (C=O) groups is 3. The Kier molecular flexibility index (Phi) is 6.45. The molecule has 0 aromatic carbocycles. The summed E-state index contributed by atoms with van der Waals surface area (Å²) in [6.07, 6.45) is 5.96. The fraction of sp³-hybridized carbons (Fsp3) is 0.722. The molecule has 0 bridgehead atoms. The quantitative estimate of drug-likeness (QED) is 0.577. The molecule has 2 atom stereocenters. The molecule has 2 heterocycles. The smallest absolute Gasteiger partial charge is 0.408 e. The number of alkyl carbamates (subject to hydrolysis) is 1. The van der Waals surface area contributed by atoms with Crippen molar-refractivity contribution in [3.8, 4) is 0 Å². The van der Waals surface area contributed by atoms with Gasteiger partial charge in [0.15, 0.2) is 0 Å². The third kappa shape index (κ3) is 6.07. The zero-order valence-electron chi connectivity index (χ0n) is 15.2. The molecule has 2 aliphatic rings. The molecule has 0 aromatic rings. The second-order valence-electron chi connectivity index (χ2n) is 7.46.